The standard InChI is InChI=1S/C20H28F3NO2/c1-18(2)15-19(7-11-26-18,6-8-24-9-12-25-13-10-24)16-4-3-5-17(14-16)20(21,22)23/h3-5,14H,6-13,15H2,1-2H3/t19-/m1/s1. The minimum absolute atomic E-state index is 0.290. The molecule has 0 unspecified atom stereocenters. The predicted octanol–water partition coefficient (Wildman–Crippen LogP) is 4.25. The van der Waals surface area contributed by atoms with Crippen molar-refractivity contribution in [2.45, 2.75) is 50.3 Å². The first-order valence-electron chi connectivity index (χ1n) is 9.32. The molecule has 2 aliphatic rings. The number of morpholine rings is 1. The summed E-state index contributed by atoms with van der Waals surface area (Å²) in [5, 5.41) is 0. The highest BCUT2D eigenvalue weighted by atomic mass is 19.4. The molecule has 0 saturated carbocycles. The molecule has 2 saturated heterocycles. The van der Waals surface area contributed by atoms with Crippen LogP contribution in [0.2, 0.25) is 0 Å². The van der Waals surface area contributed by atoms with E-state index in [-0.39, 0.29) is 11.0 Å². The first kappa shape index (κ1) is 19.6. The summed E-state index contributed by atoms with van der Waals surface area (Å²) >= 11 is 0. The molecule has 1 aromatic rings. The molecule has 3 rings (SSSR count). The lowest BCUT2D eigenvalue weighted by molar-refractivity contribution is -0.137. The van der Waals surface area contributed by atoms with Crippen molar-refractivity contribution in [2.24, 2.45) is 0 Å². The summed E-state index contributed by atoms with van der Waals surface area (Å²) in [5.74, 6) is 0. The van der Waals surface area contributed by atoms with Gasteiger partial charge in [0.2, 0.25) is 0 Å². The maximum absolute atomic E-state index is 13.2. The quantitative estimate of drug-likeness (QED) is 0.790. The van der Waals surface area contributed by atoms with Crippen LogP contribution in [0, 0.1) is 0 Å². The van der Waals surface area contributed by atoms with Gasteiger partial charge in [-0.15, -0.1) is 0 Å². The van der Waals surface area contributed by atoms with Crippen LogP contribution >= 0.6 is 0 Å². The Morgan fingerprint density at radius 2 is 1.85 bits per heavy atom. The van der Waals surface area contributed by atoms with Gasteiger partial charge in [0.05, 0.1) is 24.4 Å². The Labute approximate surface area is 153 Å². The zero-order valence-electron chi connectivity index (χ0n) is 15.6. The molecule has 0 aliphatic carbocycles. The molecule has 1 atom stereocenters. The Bertz CT molecular complexity index is 611. The van der Waals surface area contributed by atoms with Crippen LogP contribution in [0.5, 0.6) is 0 Å². The fourth-order valence-corrected chi connectivity index (χ4v) is 4.30. The number of rotatable bonds is 4. The lowest BCUT2D eigenvalue weighted by atomic mass is 9.67. The Balaban J connectivity index is 1.87. The van der Waals surface area contributed by atoms with Crippen LogP contribution in [0.15, 0.2) is 24.3 Å². The van der Waals surface area contributed by atoms with Crippen molar-refractivity contribution in [3.8, 4) is 0 Å². The van der Waals surface area contributed by atoms with E-state index < -0.39 is 11.7 Å². The summed E-state index contributed by atoms with van der Waals surface area (Å²) in [6.07, 6.45) is -2.00. The lowest BCUT2D eigenvalue weighted by Crippen LogP contribution is -2.47. The van der Waals surface area contributed by atoms with Gasteiger partial charge in [0.15, 0.2) is 0 Å². The Kier molecular flexibility index (Phi) is 5.66. The van der Waals surface area contributed by atoms with Crippen molar-refractivity contribution in [1.82, 2.24) is 4.90 Å². The van der Waals surface area contributed by atoms with Crippen LogP contribution in [0.3, 0.4) is 0 Å². The summed E-state index contributed by atoms with van der Waals surface area (Å²) < 4.78 is 51.0. The van der Waals surface area contributed by atoms with Gasteiger partial charge in [0.25, 0.3) is 0 Å². The first-order valence-corrected chi connectivity index (χ1v) is 9.32. The number of benzene rings is 1. The number of halogens is 3. The van der Waals surface area contributed by atoms with Gasteiger partial charge in [0.1, 0.15) is 0 Å². The van der Waals surface area contributed by atoms with Gasteiger partial charge < -0.3 is 9.47 Å². The molecule has 0 aromatic heterocycles. The minimum atomic E-state index is -4.32. The highest BCUT2D eigenvalue weighted by Crippen LogP contribution is 2.45. The molecular formula is C20H28F3NO2. The number of alkyl halides is 3. The van der Waals surface area contributed by atoms with E-state index in [2.05, 4.69) is 4.90 Å². The second-order valence-electron chi connectivity index (χ2n) is 8.10. The number of hydrogen-bond acceptors (Lipinski definition) is 3. The largest absolute Gasteiger partial charge is 0.416 e. The monoisotopic (exact) mass is 371 g/mol. The molecule has 0 N–H and O–H groups in total. The van der Waals surface area contributed by atoms with E-state index in [0.717, 1.165) is 63.7 Å². The zero-order chi connectivity index (χ0) is 18.8. The molecular weight excluding hydrogens is 343 g/mol. The molecule has 6 heteroatoms. The molecule has 26 heavy (non-hydrogen) atoms. The summed E-state index contributed by atoms with van der Waals surface area (Å²) in [4.78, 5) is 2.35. The molecule has 2 aliphatic heterocycles. The van der Waals surface area contributed by atoms with E-state index in [1.807, 2.05) is 19.9 Å². The predicted molar refractivity (Wildman–Crippen MR) is 94.3 cm³/mol. The van der Waals surface area contributed by atoms with Gasteiger partial charge in [-0.05, 0) is 51.3 Å². The number of ether oxygens (including phenoxy) is 2. The highest BCUT2D eigenvalue weighted by molar-refractivity contribution is 5.33. The third kappa shape index (κ3) is 4.59. The first-order chi connectivity index (χ1) is 12.2. The molecule has 0 bridgehead atoms. The normalized spacial score (nSPS) is 27.4. The summed E-state index contributed by atoms with van der Waals surface area (Å²) in [6.45, 7) is 8.74. The van der Waals surface area contributed by atoms with E-state index in [1.54, 1.807) is 0 Å². The third-order valence-electron chi connectivity index (χ3n) is 5.65. The fraction of sp³-hybridized carbons (Fsp3) is 0.700. The molecule has 1 aromatic carbocycles. The van der Waals surface area contributed by atoms with Crippen LogP contribution in [-0.2, 0) is 21.1 Å². The average Bonchev–Trinajstić information content (AvgIpc) is 2.59. The Morgan fingerprint density at radius 1 is 1.12 bits per heavy atom. The van der Waals surface area contributed by atoms with Gasteiger partial charge in [-0.2, -0.15) is 13.2 Å². The van der Waals surface area contributed by atoms with E-state index in [1.165, 1.54) is 12.1 Å². The smallest absolute Gasteiger partial charge is 0.379 e. The van der Waals surface area contributed by atoms with Crippen molar-refractivity contribution in [2.75, 3.05) is 39.5 Å². The zero-order valence-corrected chi connectivity index (χ0v) is 15.6. The van der Waals surface area contributed by atoms with E-state index in [4.69, 9.17) is 9.47 Å². The lowest BCUT2D eigenvalue weighted by Gasteiger charge is -2.46. The highest BCUT2D eigenvalue weighted by Gasteiger charge is 2.43. The maximum atomic E-state index is 13.2. The van der Waals surface area contributed by atoms with Crippen LogP contribution in [0.1, 0.15) is 44.2 Å². The number of nitrogens with zero attached hydrogens (tertiary/aromatic N) is 1. The molecule has 0 spiro atoms. The van der Waals surface area contributed by atoms with Crippen molar-refractivity contribution < 1.29 is 22.6 Å². The van der Waals surface area contributed by atoms with E-state index >= 15 is 0 Å². The van der Waals surface area contributed by atoms with Crippen LogP contribution in [0.25, 0.3) is 0 Å². The fourth-order valence-electron chi connectivity index (χ4n) is 4.30. The minimum Gasteiger partial charge on any atom is -0.379 e. The van der Waals surface area contributed by atoms with Crippen LogP contribution in [0.4, 0.5) is 13.2 Å². The maximum Gasteiger partial charge on any atom is 0.416 e. The Morgan fingerprint density at radius 3 is 2.50 bits per heavy atom. The second-order valence-corrected chi connectivity index (χ2v) is 8.10. The summed E-state index contributed by atoms with van der Waals surface area (Å²) in [7, 11) is 0. The molecule has 0 radical (unpaired) electrons. The van der Waals surface area contributed by atoms with Crippen LogP contribution < -0.4 is 0 Å². The van der Waals surface area contributed by atoms with Gasteiger partial charge in [0, 0.05) is 25.1 Å². The van der Waals surface area contributed by atoms with Crippen LogP contribution in [-0.4, -0.2) is 50.0 Å². The van der Waals surface area contributed by atoms with Gasteiger partial charge >= 0.3 is 6.18 Å². The van der Waals surface area contributed by atoms with Gasteiger partial charge in [-0.25, -0.2) is 0 Å². The summed E-state index contributed by atoms with van der Waals surface area (Å²) in [5.41, 5.74) is -0.402. The molecule has 0 amide bonds. The van der Waals surface area contributed by atoms with Crippen molar-refractivity contribution in [1.29, 1.82) is 0 Å². The van der Waals surface area contributed by atoms with Crippen molar-refractivity contribution in [3.63, 3.8) is 0 Å². The number of hydrogen-bond donors (Lipinski definition) is 0. The Hall–Kier alpha value is -1.11. The topological polar surface area (TPSA) is 21.7 Å². The van der Waals surface area contributed by atoms with E-state index in [0.29, 0.717) is 6.61 Å². The molecule has 2 heterocycles. The average molecular weight is 371 g/mol. The molecule has 2 fully saturated rings. The molecule has 146 valence electrons. The third-order valence-corrected chi connectivity index (χ3v) is 5.65. The van der Waals surface area contributed by atoms with Crippen molar-refractivity contribution >= 4 is 0 Å². The van der Waals surface area contributed by atoms with Gasteiger partial charge in [-0.3, -0.25) is 4.90 Å². The molecule has 3 nitrogen and oxygen atoms in total. The SMILES string of the molecule is CC1(C)C[C@](CCN2CCOCC2)(c2cccc(C(F)(F)F)c2)CCO1. The second kappa shape index (κ2) is 7.49. The van der Waals surface area contributed by atoms with Crippen molar-refractivity contribution in [3.05, 3.63) is 35.4 Å². The van der Waals surface area contributed by atoms with Gasteiger partial charge in [-0.1, -0.05) is 18.2 Å². The summed E-state index contributed by atoms with van der Waals surface area (Å²) in [6, 6.07) is 5.90. The van der Waals surface area contributed by atoms with E-state index in [9.17, 15) is 13.2 Å².